The molecule has 18 heteroatoms. The minimum absolute atomic E-state index is 0.0267. The monoisotopic (exact) mass is 1650 g/mol. The molecule has 0 aromatic carbocycles. The Bertz CT molecular complexity index is 2710. The topological polar surface area (TPSA) is 209 Å². The first-order valence-corrected chi connectivity index (χ1v) is 44.2. The van der Waals surface area contributed by atoms with E-state index in [0.717, 1.165) is 83.1 Å². The summed E-state index contributed by atoms with van der Waals surface area (Å²) in [5.74, 6) is 39.0. The van der Waals surface area contributed by atoms with Crippen LogP contribution in [0.1, 0.15) is 297 Å². The molecule has 0 aliphatic heterocycles. The molecule has 678 valence electrons. The second-order valence-electron chi connectivity index (χ2n) is 34.2. The van der Waals surface area contributed by atoms with E-state index in [1.165, 1.54) is 44.9 Å². The third-order valence-electron chi connectivity index (χ3n) is 17.0. The molecule has 0 amide bonds. The van der Waals surface area contributed by atoms with Gasteiger partial charge in [0.2, 0.25) is 0 Å². The molecule has 0 saturated heterocycles. The number of hydrogen-bond acceptors (Lipinski definition) is 18. The van der Waals surface area contributed by atoms with Gasteiger partial charge in [-0.15, -0.1) is 0 Å². The van der Waals surface area contributed by atoms with Gasteiger partial charge in [-0.25, -0.2) is 0 Å². The molecule has 0 aliphatic rings. The van der Waals surface area contributed by atoms with Crippen LogP contribution in [0, 0.1) is 142 Å². The fourth-order valence-electron chi connectivity index (χ4n) is 7.82. The number of carbonyl (C=O) groups excluding carboxylic acids is 7. The molecule has 0 aromatic heterocycles. The summed E-state index contributed by atoms with van der Waals surface area (Å²) in [6.07, 6.45) is 16.4. The predicted octanol–water partition coefficient (Wildman–Crippen LogP) is 18.9. The van der Waals surface area contributed by atoms with Crippen LogP contribution < -0.4 is 0 Å². The normalized spacial score (nSPS) is 10.7. The largest absolute Gasteiger partial charge is 0.379 e. The first-order valence-electron chi connectivity index (χ1n) is 44.2. The van der Waals surface area contributed by atoms with E-state index in [1.54, 1.807) is 0 Å². The summed E-state index contributed by atoms with van der Waals surface area (Å²) in [5, 5.41) is 0. The summed E-state index contributed by atoms with van der Waals surface area (Å²) in [6.45, 7) is 67.3. The average molecular weight is 1650 g/mol. The summed E-state index contributed by atoms with van der Waals surface area (Å²) in [7, 11) is 4.23. The van der Waals surface area contributed by atoms with E-state index < -0.39 is 0 Å². The van der Waals surface area contributed by atoms with Gasteiger partial charge < -0.3 is 52.4 Å². The first-order chi connectivity index (χ1) is 55.1. The SMILES string of the molecule is CC(C)C(=O)COCCCCCN(C)C(C)C.CC(C)C(=O)COCCOCCN(C)C(C)C.CC(C)CC#CC#CCOCC(=O)C(C)C.CC(C)CC#CC#CCOCCC(=O)C(C)C.CC(C)CC#CC#CCOCCCC(=O)C(C)C.CC(C)CCCCCCOCC(=O)C(C)C.CC(C)CCCOCCOCC(=O)C(C)C. The van der Waals surface area contributed by atoms with Crippen molar-refractivity contribution < 1.29 is 76.2 Å². The number of nitrogens with zero attached hydrogens (tertiary/aromatic N) is 2. The van der Waals surface area contributed by atoms with Gasteiger partial charge in [0.1, 0.15) is 64.4 Å². The Kier molecular flexibility index (Phi) is 97.4. The Balaban J connectivity index is -0.000000241. The van der Waals surface area contributed by atoms with E-state index in [4.69, 9.17) is 42.6 Å². The highest BCUT2D eigenvalue weighted by Gasteiger charge is 2.13. The molecule has 0 N–H and O–H groups in total. The average Bonchev–Trinajstić information content (AvgIpc) is 1.03. The van der Waals surface area contributed by atoms with Gasteiger partial charge in [0.15, 0.2) is 28.9 Å². The maximum Gasteiger partial charge on any atom is 0.161 e. The second kappa shape index (κ2) is 91.4. The molecule has 0 spiro atoms. The molecular formula is C99H176N2O16. The number of hydrogen-bond donors (Lipinski definition) is 0. The second-order valence-corrected chi connectivity index (χ2v) is 34.2. The highest BCUT2D eigenvalue weighted by atomic mass is 16.5. The number of unbranched alkanes of at least 4 members (excludes halogenated alkanes) is 5. The minimum Gasteiger partial charge on any atom is -0.379 e. The fraction of sp³-hybridized carbons (Fsp3) is 0.808. The lowest BCUT2D eigenvalue weighted by Gasteiger charge is -2.20. The van der Waals surface area contributed by atoms with E-state index in [-0.39, 0.29) is 109 Å². The number of rotatable bonds is 58. The lowest BCUT2D eigenvalue weighted by atomic mass is 10.0. The first kappa shape index (κ1) is 125. The van der Waals surface area contributed by atoms with Gasteiger partial charge in [-0.1, -0.05) is 227 Å². The Morgan fingerprint density at radius 1 is 0.231 bits per heavy atom. The molecule has 0 atom stereocenters. The van der Waals surface area contributed by atoms with E-state index >= 15 is 0 Å². The lowest BCUT2D eigenvalue weighted by Crippen LogP contribution is -2.30. The van der Waals surface area contributed by atoms with Gasteiger partial charge >= 0.3 is 0 Å². The Morgan fingerprint density at radius 3 is 0.863 bits per heavy atom. The van der Waals surface area contributed by atoms with Crippen LogP contribution in [0.15, 0.2) is 0 Å². The van der Waals surface area contributed by atoms with Crippen molar-refractivity contribution >= 4 is 40.5 Å². The van der Waals surface area contributed by atoms with E-state index in [0.29, 0.717) is 121 Å². The molecule has 0 unspecified atom stereocenters. The van der Waals surface area contributed by atoms with Crippen LogP contribution in [0.5, 0.6) is 0 Å². The van der Waals surface area contributed by atoms with Crippen LogP contribution in [0.2, 0.25) is 0 Å². The van der Waals surface area contributed by atoms with Crippen molar-refractivity contribution in [2.45, 2.75) is 309 Å². The smallest absolute Gasteiger partial charge is 0.161 e. The molecule has 0 fully saturated rings. The van der Waals surface area contributed by atoms with Crippen molar-refractivity contribution in [3.8, 4) is 71.0 Å². The fourth-order valence-corrected chi connectivity index (χ4v) is 7.82. The van der Waals surface area contributed by atoms with Crippen LogP contribution in [-0.2, 0) is 76.2 Å². The molecule has 0 rings (SSSR count). The molecule has 0 saturated carbocycles. The summed E-state index contributed by atoms with van der Waals surface area (Å²) < 4.78 is 47.5. The van der Waals surface area contributed by atoms with Crippen LogP contribution in [0.3, 0.4) is 0 Å². The third kappa shape index (κ3) is 111. The predicted molar refractivity (Wildman–Crippen MR) is 487 cm³/mol. The number of ether oxygens (including phenoxy) is 9. The van der Waals surface area contributed by atoms with Gasteiger partial charge in [-0.2, -0.15) is 0 Å². The van der Waals surface area contributed by atoms with Crippen molar-refractivity contribution in [1.29, 1.82) is 0 Å². The standard InChI is InChI=1S/C16H24O2.C15H22O2.C14H29NO2.C14H28O2.C14H20O2.C13H27NO3.C13H26O3/c1-14(2)10-7-5-6-8-12-18-13-9-11-16(17)15(3)4;1-13(2)9-7-5-6-8-11-17-12-10-15(16)14(3)4;1-12(2)14(16)11-17-10-8-6-7-9-15(5)13(3)4;2*1-12(2)9-7-5-6-8-10-16-11-14(15)13(3)4;1-11(2)13(15)10-17-9-8-16-7-6-14(5)12(3)4;1-11(2)6-5-7-15-8-9-16-10-13(14)12(3)4/h14-15H,9-13H2,1-4H3;13-14H,9-12H2,1-4H3;12-13H,6-11H2,1-5H3;12-13H,5-11H2,1-4H3;12-13H,9-11H2,1-4H3;11-12H,6-10H2,1-5H3;11-12H,5-10H2,1-4H3. The molecule has 0 radical (unpaired) electrons. The van der Waals surface area contributed by atoms with Crippen molar-refractivity contribution in [3.63, 3.8) is 0 Å². The maximum atomic E-state index is 11.3. The highest BCUT2D eigenvalue weighted by molar-refractivity contribution is 5.83. The molecule has 18 nitrogen and oxygen atoms in total. The molecule has 117 heavy (non-hydrogen) atoms. The van der Waals surface area contributed by atoms with Crippen LogP contribution >= 0.6 is 0 Å². The quantitative estimate of drug-likeness (QED) is 0.0409. The highest BCUT2D eigenvalue weighted by Crippen LogP contribution is 2.11. The van der Waals surface area contributed by atoms with Crippen LogP contribution in [0.25, 0.3) is 0 Å². The van der Waals surface area contributed by atoms with Crippen molar-refractivity contribution in [3.05, 3.63) is 0 Å². The van der Waals surface area contributed by atoms with E-state index in [9.17, 15) is 33.6 Å². The van der Waals surface area contributed by atoms with Crippen molar-refractivity contribution in [2.24, 2.45) is 71.0 Å². The van der Waals surface area contributed by atoms with Gasteiger partial charge in [0.05, 0.1) is 39.6 Å². The molecular weight excluding hydrogens is 1470 g/mol. The number of Topliss-reactive ketones (excluding diaryl/α,β-unsaturated/α-hetero) is 7. The molecule has 0 heterocycles. The summed E-state index contributed by atoms with van der Waals surface area (Å²) in [5.41, 5.74) is 0. The van der Waals surface area contributed by atoms with Crippen LogP contribution in [-0.4, -0.2) is 208 Å². The summed E-state index contributed by atoms with van der Waals surface area (Å²) >= 11 is 0. The zero-order chi connectivity index (χ0) is 90.6. The number of ketones is 7. The van der Waals surface area contributed by atoms with Gasteiger partial charge in [-0.3, -0.25) is 33.6 Å². The van der Waals surface area contributed by atoms with Crippen LogP contribution in [0.4, 0.5) is 0 Å². The summed E-state index contributed by atoms with van der Waals surface area (Å²) in [4.78, 5) is 83.2. The van der Waals surface area contributed by atoms with Crippen molar-refractivity contribution in [2.75, 3.05) is 146 Å². The molecule has 0 bridgehead atoms. The van der Waals surface area contributed by atoms with Gasteiger partial charge in [0.25, 0.3) is 0 Å². The third-order valence-corrected chi connectivity index (χ3v) is 17.0. The van der Waals surface area contributed by atoms with E-state index in [2.05, 4.69) is 192 Å². The Hall–Kier alpha value is -5.39. The summed E-state index contributed by atoms with van der Waals surface area (Å²) in [6, 6.07) is 1.16. The zero-order valence-corrected chi connectivity index (χ0v) is 80.5. The number of carbonyl (C=O) groups is 7. The minimum atomic E-state index is 0.0267. The van der Waals surface area contributed by atoms with Crippen molar-refractivity contribution in [1.82, 2.24) is 9.80 Å². The molecule has 0 aliphatic carbocycles. The van der Waals surface area contributed by atoms with E-state index in [1.807, 2.05) is 96.9 Å². The number of likely N-dealkylation sites (N-methyl/N-ethyl adjacent to an activating group) is 1. The zero-order valence-electron chi connectivity index (χ0n) is 80.5. The molecule has 0 aromatic rings. The Morgan fingerprint density at radius 2 is 0.504 bits per heavy atom. The van der Waals surface area contributed by atoms with Gasteiger partial charge in [0, 0.05) is 119 Å². The maximum absolute atomic E-state index is 11.3. The Labute approximate surface area is 719 Å². The van der Waals surface area contributed by atoms with Gasteiger partial charge in [-0.05, 0) is 158 Å². The lowest BCUT2D eigenvalue weighted by molar-refractivity contribution is -0.127.